The van der Waals surface area contributed by atoms with Crippen molar-refractivity contribution in [1.82, 2.24) is 0 Å². The van der Waals surface area contributed by atoms with E-state index in [-0.39, 0.29) is 5.41 Å². The second-order valence-electron chi connectivity index (χ2n) is 6.40. The summed E-state index contributed by atoms with van der Waals surface area (Å²) in [6.45, 7) is 9.21. The molecule has 2 rings (SSSR count). The van der Waals surface area contributed by atoms with E-state index in [0.29, 0.717) is 12.5 Å². The molecule has 0 amide bonds. The molecule has 0 aromatic heterocycles. The Morgan fingerprint density at radius 1 is 1.28 bits per heavy atom. The molecule has 1 unspecified atom stereocenters. The largest absolute Gasteiger partial charge is 0.396 e. The molecular formula is C16H25NO. The average molecular weight is 247 g/mol. The lowest BCUT2D eigenvalue weighted by molar-refractivity contribution is 0.208. The van der Waals surface area contributed by atoms with Gasteiger partial charge in [0, 0.05) is 25.4 Å². The Kier molecular flexibility index (Phi) is 3.96. The lowest BCUT2D eigenvalue weighted by Gasteiger charge is -2.37. The van der Waals surface area contributed by atoms with Crippen LogP contribution in [-0.2, 0) is 5.41 Å². The number of anilines is 1. The number of hydrogen-bond donors (Lipinski definition) is 1. The maximum absolute atomic E-state index is 9.36. The average Bonchev–Trinajstić information content (AvgIpc) is 2.38. The van der Waals surface area contributed by atoms with E-state index in [1.807, 2.05) is 0 Å². The van der Waals surface area contributed by atoms with Gasteiger partial charge in [-0.25, -0.2) is 0 Å². The fourth-order valence-electron chi connectivity index (χ4n) is 2.82. The fourth-order valence-corrected chi connectivity index (χ4v) is 2.82. The van der Waals surface area contributed by atoms with Gasteiger partial charge in [0.1, 0.15) is 0 Å². The van der Waals surface area contributed by atoms with Crippen LogP contribution in [0, 0.1) is 5.92 Å². The monoisotopic (exact) mass is 247 g/mol. The molecule has 100 valence electrons. The minimum Gasteiger partial charge on any atom is -0.396 e. The molecular weight excluding hydrogens is 222 g/mol. The van der Waals surface area contributed by atoms with Crippen molar-refractivity contribution in [3.8, 4) is 0 Å². The van der Waals surface area contributed by atoms with Gasteiger partial charge in [-0.05, 0) is 35.8 Å². The normalized spacial score (nSPS) is 21.1. The van der Waals surface area contributed by atoms with Gasteiger partial charge in [0.2, 0.25) is 0 Å². The topological polar surface area (TPSA) is 23.5 Å². The van der Waals surface area contributed by atoms with Gasteiger partial charge in [0.15, 0.2) is 0 Å². The zero-order valence-corrected chi connectivity index (χ0v) is 11.8. The summed E-state index contributed by atoms with van der Waals surface area (Å²) >= 11 is 0. The minimum atomic E-state index is 0.169. The molecule has 0 spiro atoms. The van der Waals surface area contributed by atoms with Crippen LogP contribution in [0.2, 0.25) is 0 Å². The van der Waals surface area contributed by atoms with Crippen LogP contribution in [0.15, 0.2) is 24.3 Å². The van der Waals surface area contributed by atoms with Crippen LogP contribution in [-0.4, -0.2) is 24.8 Å². The van der Waals surface area contributed by atoms with Gasteiger partial charge in [-0.15, -0.1) is 0 Å². The molecule has 1 saturated heterocycles. The van der Waals surface area contributed by atoms with Crippen molar-refractivity contribution >= 4 is 5.69 Å². The van der Waals surface area contributed by atoms with Gasteiger partial charge in [0.05, 0.1) is 0 Å². The Bertz CT molecular complexity index is 394. The van der Waals surface area contributed by atoms with Gasteiger partial charge in [-0.2, -0.15) is 0 Å². The Labute approximate surface area is 111 Å². The first-order chi connectivity index (χ1) is 8.52. The zero-order valence-electron chi connectivity index (χ0n) is 11.8. The standard InChI is InChI=1S/C16H25NO/c1-16(2,3)14-8-4-5-9-15(14)17-10-6-7-13(11-17)12-18/h4-5,8-9,13,18H,6-7,10-12H2,1-3H3. The van der Waals surface area contributed by atoms with Gasteiger partial charge >= 0.3 is 0 Å². The Hall–Kier alpha value is -1.02. The molecule has 0 saturated carbocycles. The van der Waals surface area contributed by atoms with Crippen LogP contribution >= 0.6 is 0 Å². The van der Waals surface area contributed by atoms with E-state index in [2.05, 4.69) is 49.9 Å². The van der Waals surface area contributed by atoms with Gasteiger partial charge in [-0.3, -0.25) is 0 Å². The van der Waals surface area contributed by atoms with Crippen LogP contribution in [0.3, 0.4) is 0 Å². The smallest absolute Gasteiger partial charge is 0.0476 e. The Balaban J connectivity index is 2.27. The van der Waals surface area contributed by atoms with E-state index in [9.17, 15) is 5.11 Å². The van der Waals surface area contributed by atoms with Crippen LogP contribution in [0.5, 0.6) is 0 Å². The number of hydrogen-bond acceptors (Lipinski definition) is 2. The number of para-hydroxylation sites is 1. The number of rotatable bonds is 2. The predicted molar refractivity (Wildman–Crippen MR) is 77.2 cm³/mol. The molecule has 1 atom stereocenters. The Morgan fingerprint density at radius 3 is 2.67 bits per heavy atom. The first-order valence-electron chi connectivity index (χ1n) is 6.97. The molecule has 1 aliphatic rings. The summed E-state index contributed by atoms with van der Waals surface area (Å²) in [5.74, 6) is 0.437. The lowest BCUT2D eigenvalue weighted by atomic mass is 9.85. The van der Waals surface area contributed by atoms with Crippen molar-refractivity contribution in [3.05, 3.63) is 29.8 Å². The molecule has 18 heavy (non-hydrogen) atoms. The third-order valence-electron chi connectivity index (χ3n) is 3.83. The molecule has 0 bridgehead atoms. The van der Waals surface area contributed by atoms with E-state index < -0.39 is 0 Å². The molecule has 1 aromatic rings. The summed E-state index contributed by atoms with van der Waals surface area (Å²) < 4.78 is 0. The lowest BCUT2D eigenvalue weighted by Crippen LogP contribution is -2.38. The van der Waals surface area contributed by atoms with E-state index in [1.165, 1.54) is 17.7 Å². The highest BCUT2D eigenvalue weighted by Gasteiger charge is 2.24. The molecule has 1 heterocycles. The third-order valence-corrected chi connectivity index (χ3v) is 3.83. The highest BCUT2D eigenvalue weighted by molar-refractivity contribution is 5.56. The summed E-state index contributed by atoms with van der Waals surface area (Å²) in [5.41, 5.74) is 2.93. The highest BCUT2D eigenvalue weighted by atomic mass is 16.3. The summed E-state index contributed by atoms with van der Waals surface area (Å²) in [5, 5.41) is 9.36. The molecule has 1 aromatic carbocycles. The molecule has 1 fully saturated rings. The summed E-state index contributed by atoms with van der Waals surface area (Å²) in [4.78, 5) is 2.45. The molecule has 2 nitrogen and oxygen atoms in total. The first kappa shape index (κ1) is 13.4. The van der Waals surface area contributed by atoms with E-state index in [4.69, 9.17) is 0 Å². The number of nitrogens with zero attached hydrogens (tertiary/aromatic N) is 1. The molecule has 1 aliphatic heterocycles. The minimum absolute atomic E-state index is 0.169. The van der Waals surface area contributed by atoms with Crippen LogP contribution in [0.25, 0.3) is 0 Å². The summed E-state index contributed by atoms with van der Waals surface area (Å²) in [6.07, 6.45) is 2.34. The van der Waals surface area contributed by atoms with Crippen molar-refractivity contribution in [2.45, 2.75) is 39.0 Å². The second-order valence-corrected chi connectivity index (χ2v) is 6.40. The highest BCUT2D eigenvalue weighted by Crippen LogP contribution is 2.33. The van der Waals surface area contributed by atoms with Gasteiger partial charge in [-0.1, -0.05) is 39.0 Å². The van der Waals surface area contributed by atoms with Crippen LogP contribution < -0.4 is 4.90 Å². The zero-order chi connectivity index (χ0) is 13.2. The number of piperidine rings is 1. The van der Waals surface area contributed by atoms with Gasteiger partial charge in [0.25, 0.3) is 0 Å². The van der Waals surface area contributed by atoms with Crippen LogP contribution in [0.1, 0.15) is 39.2 Å². The van der Waals surface area contributed by atoms with Crippen molar-refractivity contribution in [2.24, 2.45) is 5.92 Å². The number of aliphatic hydroxyl groups is 1. The van der Waals surface area contributed by atoms with E-state index in [0.717, 1.165) is 19.5 Å². The molecule has 1 N–H and O–H groups in total. The summed E-state index contributed by atoms with van der Waals surface area (Å²) in [6, 6.07) is 8.70. The van der Waals surface area contributed by atoms with Gasteiger partial charge < -0.3 is 10.0 Å². The van der Waals surface area contributed by atoms with E-state index >= 15 is 0 Å². The molecule has 0 aliphatic carbocycles. The van der Waals surface area contributed by atoms with Crippen molar-refractivity contribution in [3.63, 3.8) is 0 Å². The number of aliphatic hydroxyl groups excluding tert-OH is 1. The SMILES string of the molecule is CC(C)(C)c1ccccc1N1CCCC(CO)C1. The van der Waals surface area contributed by atoms with Crippen molar-refractivity contribution in [1.29, 1.82) is 0 Å². The summed E-state index contributed by atoms with van der Waals surface area (Å²) in [7, 11) is 0. The first-order valence-corrected chi connectivity index (χ1v) is 6.97. The van der Waals surface area contributed by atoms with Crippen molar-refractivity contribution < 1.29 is 5.11 Å². The maximum atomic E-state index is 9.36. The number of benzene rings is 1. The van der Waals surface area contributed by atoms with Crippen molar-refractivity contribution in [2.75, 3.05) is 24.6 Å². The second kappa shape index (κ2) is 5.31. The quantitative estimate of drug-likeness (QED) is 0.867. The molecule has 0 radical (unpaired) electrons. The predicted octanol–water partition coefficient (Wildman–Crippen LogP) is 3.19. The third kappa shape index (κ3) is 2.86. The van der Waals surface area contributed by atoms with E-state index in [1.54, 1.807) is 0 Å². The van der Waals surface area contributed by atoms with Crippen LogP contribution in [0.4, 0.5) is 5.69 Å². The maximum Gasteiger partial charge on any atom is 0.0476 e. The molecule has 2 heteroatoms. The fraction of sp³-hybridized carbons (Fsp3) is 0.625. The Morgan fingerprint density at radius 2 is 2.00 bits per heavy atom.